The Bertz CT molecular complexity index is 431. The normalized spacial score (nSPS) is 13.8. The lowest BCUT2D eigenvalue weighted by Gasteiger charge is -2.16. The third-order valence-corrected chi connectivity index (χ3v) is 2.17. The lowest BCUT2D eigenvalue weighted by Crippen LogP contribution is -2.47. The number of aliphatic carboxylic acids is 1. The molecule has 0 aliphatic rings. The average Bonchev–Trinajstić information content (AvgIpc) is 2.24. The maximum Gasteiger partial charge on any atom is 0.328 e. The average molecular weight is 238 g/mol. The Morgan fingerprint density at radius 1 is 1.41 bits per heavy atom. The van der Waals surface area contributed by atoms with Gasteiger partial charge in [0.2, 0.25) is 0 Å². The van der Waals surface area contributed by atoms with Gasteiger partial charge in [0.25, 0.3) is 5.91 Å². The van der Waals surface area contributed by atoms with Crippen LogP contribution < -0.4 is 5.32 Å². The molecule has 1 aromatic rings. The minimum atomic E-state index is -1.33. The van der Waals surface area contributed by atoms with Crippen molar-refractivity contribution in [3.63, 3.8) is 0 Å². The zero-order valence-corrected chi connectivity index (χ0v) is 9.54. The Morgan fingerprint density at radius 3 is 2.53 bits per heavy atom. The van der Waals surface area contributed by atoms with Gasteiger partial charge in [-0.3, -0.25) is 9.78 Å². The minimum Gasteiger partial charge on any atom is -0.480 e. The van der Waals surface area contributed by atoms with Gasteiger partial charge in [0, 0.05) is 12.4 Å². The molecular formula is C11H14N2O4. The molecular weight excluding hydrogens is 224 g/mol. The maximum atomic E-state index is 11.7. The van der Waals surface area contributed by atoms with Crippen LogP contribution in [0.25, 0.3) is 0 Å². The molecule has 92 valence electrons. The number of aromatic nitrogens is 1. The molecule has 17 heavy (non-hydrogen) atoms. The van der Waals surface area contributed by atoms with Crippen molar-refractivity contribution in [3.8, 4) is 0 Å². The molecule has 0 aliphatic carbocycles. The smallest absolute Gasteiger partial charge is 0.328 e. The number of hydrogen-bond acceptors (Lipinski definition) is 4. The second-order valence-corrected chi connectivity index (χ2v) is 3.78. The fourth-order valence-corrected chi connectivity index (χ4v) is 1.29. The number of pyridine rings is 1. The van der Waals surface area contributed by atoms with E-state index in [4.69, 9.17) is 5.11 Å². The van der Waals surface area contributed by atoms with Crippen LogP contribution in [0.5, 0.6) is 0 Å². The number of aryl methyl sites for hydroxylation is 1. The first-order chi connectivity index (χ1) is 7.91. The number of amides is 1. The summed E-state index contributed by atoms with van der Waals surface area (Å²) in [5, 5.41) is 20.3. The summed E-state index contributed by atoms with van der Waals surface area (Å²) < 4.78 is 0. The SMILES string of the molecule is Cc1cncc(C(=O)N[C@H](C(=O)O)[C@@H](C)O)c1. The van der Waals surface area contributed by atoms with E-state index in [0.29, 0.717) is 0 Å². The predicted octanol–water partition coefficient (Wildman–Crippen LogP) is -0.0462. The molecule has 0 radical (unpaired) electrons. The lowest BCUT2D eigenvalue weighted by molar-refractivity contribution is -0.141. The van der Waals surface area contributed by atoms with Crippen LogP contribution in [0.4, 0.5) is 0 Å². The van der Waals surface area contributed by atoms with Crippen LogP contribution in [-0.2, 0) is 4.79 Å². The van der Waals surface area contributed by atoms with E-state index in [2.05, 4.69) is 10.3 Å². The molecule has 1 heterocycles. The number of carboxylic acids is 1. The number of nitrogens with zero attached hydrogens (tertiary/aromatic N) is 1. The van der Waals surface area contributed by atoms with Gasteiger partial charge in [-0.25, -0.2) is 4.79 Å². The molecule has 0 fully saturated rings. The van der Waals surface area contributed by atoms with E-state index >= 15 is 0 Å². The van der Waals surface area contributed by atoms with Crippen LogP contribution in [0.1, 0.15) is 22.8 Å². The molecule has 0 saturated heterocycles. The summed E-state index contributed by atoms with van der Waals surface area (Å²) in [4.78, 5) is 26.3. The first-order valence-electron chi connectivity index (χ1n) is 5.05. The van der Waals surface area contributed by atoms with Crippen LogP contribution in [0.15, 0.2) is 18.5 Å². The monoisotopic (exact) mass is 238 g/mol. The molecule has 3 N–H and O–H groups in total. The fraction of sp³-hybridized carbons (Fsp3) is 0.364. The molecule has 0 spiro atoms. The summed E-state index contributed by atoms with van der Waals surface area (Å²) in [5.74, 6) is -1.86. The van der Waals surface area contributed by atoms with Crippen LogP contribution in [0.2, 0.25) is 0 Å². The highest BCUT2D eigenvalue weighted by Crippen LogP contribution is 2.02. The molecule has 6 heteroatoms. The Labute approximate surface area is 98.3 Å². The Hall–Kier alpha value is -1.95. The highest BCUT2D eigenvalue weighted by atomic mass is 16.4. The molecule has 0 bridgehead atoms. The van der Waals surface area contributed by atoms with Gasteiger partial charge in [-0.2, -0.15) is 0 Å². The van der Waals surface area contributed by atoms with Crippen molar-refractivity contribution in [3.05, 3.63) is 29.6 Å². The highest BCUT2D eigenvalue weighted by molar-refractivity contribution is 5.96. The van der Waals surface area contributed by atoms with E-state index < -0.39 is 24.0 Å². The number of carbonyl (C=O) groups excluding carboxylic acids is 1. The number of nitrogens with one attached hydrogen (secondary N) is 1. The van der Waals surface area contributed by atoms with Crippen molar-refractivity contribution in [2.24, 2.45) is 0 Å². The van der Waals surface area contributed by atoms with Crippen molar-refractivity contribution in [2.75, 3.05) is 0 Å². The van der Waals surface area contributed by atoms with Crippen molar-refractivity contribution in [1.29, 1.82) is 0 Å². The second kappa shape index (κ2) is 5.40. The quantitative estimate of drug-likeness (QED) is 0.683. The van der Waals surface area contributed by atoms with Gasteiger partial charge in [-0.1, -0.05) is 0 Å². The van der Waals surface area contributed by atoms with Crippen molar-refractivity contribution >= 4 is 11.9 Å². The van der Waals surface area contributed by atoms with E-state index in [1.807, 2.05) is 0 Å². The minimum absolute atomic E-state index is 0.261. The summed E-state index contributed by atoms with van der Waals surface area (Å²) in [7, 11) is 0. The summed E-state index contributed by atoms with van der Waals surface area (Å²) >= 11 is 0. The standard InChI is InChI=1S/C11H14N2O4/c1-6-3-8(5-12-4-6)10(15)13-9(7(2)14)11(16)17/h3-5,7,9,14H,1-2H3,(H,13,15)(H,16,17)/t7-,9+/m1/s1. The molecule has 0 saturated carbocycles. The van der Waals surface area contributed by atoms with E-state index in [-0.39, 0.29) is 5.56 Å². The highest BCUT2D eigenvalue weighted by Gasteiger charge is 2.25. The molecule has 2 atom stereocenters. The zero-order chi connectivity index (χ0) is 13.0. The largest absolute Gasteiger partial charge is 0.480 e. The molecule has 1 amide bonds. The first kappa shape index (κ1) is 13.1. The molecule has 0 unspecified atom stereocenters. The second-order valence-electron chi connectivity index (χ2n) is 3.78. The maximum absolute atomic E-state index is 11.7. The van der Waals surface area contributed by atoms with Gasteiger partial charge in [0.1, 0.15) is 0 Å². The summed E-state index contributed by atoms with van der Waals surface area (Å²) in [6.45, 7) is 3.07. The number of carboxylic acid groups (broad SMARTS) is 1. The van der Waals surface area contributed by atoms with Gasteiger partial charge in [-0.05, 0) is 25.5 Å². The van der Waals surface area contributed by atoms with Crippen LogP contribution in [0, 0.1) is 6.92 Å². The van der Waals surface area contributed by atoms with Crippen LogP contribution in [-0.4, -0.2) is 39.2 Å². The topological polar surface area (TPSA) is 99.5 Å². The number of rotatable bonds is 4. The fourth-order valence-electron chi connectivity index (χ4n) is 1.29. The van der Waals surface area contributed by atoms with Gasteiger partial charge in [0.05, 0.1) is 11.7 Å². The number of aliphatic hydroxyl groups is 1. The summed E-state index contributed by atoms with van der Waals surface area (Å²) in [6, 6.07) is 0.256. The molecule has 0 aromatic carbocycles. The number of carbonyl (C=O) groups is 2. The van der Waals surface area contributed by atoms with Crippen LogP contribution >= 0.6 is 0 Å². The molecule has 6 nitrogen and oxygen atoms in total. The Kier molecular flexibility index (Phi) is 4.17. The van der Waals surface area contributed by atoms with Crippen molar-refractivity contribution in [1.82, 2.24) is 10.3 Å². The van der Waals surface area contributed by atoms with Gasteiger partial charge >= 0.3 is 5.97 Å². The van der Waals surface area contributed by atoms with E-state index in [0.717, 1.165) is 5.56 Å². The number of aliphatic hydroxyl groups excluding tert-OH is 1. The van der Waals surface area contributed by atoms with Gasteiger partial charge in [0.15, 0.2) is 6.04 Å². The van der Waals surface area contributed by atoms with Crippen LogP contribution in [0.3, 0.4) is 0 Å². The first-order valence-corrected chi connectivity index (χ1v) is 5.05. The summed E-state index contributed by atoms with van der Waals surface area (Å²) in [5.41, 5.74) is 1.05. The zero-order valence-electron chi connectivity index (χ0n) is 9.54. The Morgan fingerprint density at radius 2 is 2.06 bits per heavy atom. The Balaban J connectivity index is 2.81. The van der Waals surface area contributed by atoms with Crippen molar-refractivity contribution in [2.45, 2.75) is 26.0 Å². The third kappa shape index (κ3) is 3.53. The number of hydrogen-bond donors (Lipinski definition) is 3. The van der Waals surface area contributed by atoms with Gasteiger partial charge < -0.3 is 15.5 Å². The lowest BCUT2D eigenvalue weighted by atomic mass is 10.1. The molecule has 1 rings (SSSR count). The van der Waals surface area contributed by atoms with Gasteiger partial charge in [-0.15, -0.1) is 0 Å². The van der Waals surface area contributed by atoms with E-state index in [1.54, 1.807) is 19.2 Å². The molecule has 0 aliphatic heterocycles. The molecule has 1 aromatic heterocycles. The van der Waals surface area contributed by atoms with Crippen molar-refractivity contribution < 1.29 is 19.8 Å². The van der Waals surface area contributed by atoms with E-state index in [9.17, 15) is 14.7 Å². The summed E-state index contributed by atoms with van der Waals surface area (Å²) in [6.07, 6.45) is 1.75. The predicted molar refractivity (Wildman–Crippen MR) is 59.5 cm³/mol. The third-order valence-electron chi connectivity index (χ3n) is 2.17. The van der Waals surface area contributed by atoms with E-state index in [1.165, 1.54) is 13.1 Å².